The Morgan fingerprint density at radius 3 is 2.00 bits per heavy atom. The summed E-state index contributed by atoms with van der Waals surface area (Å²) in [5.41, 5.74) is 1.08. The van der Waals surface area contributed by atoms with Gasteiger partial charge < -0.3 is 5.11 Å². The predicted octanol–water partition coefficient (Wildman–Crippen LogP) is 1.81. The summed E-state index contributed by atoms with van der Waals surface area (Å²) in [4.78, 5) is 0. The monoisotopic (exact) mass is 148 g/mol. The molecule has 0 unspecified atom stereocenters. The lowest BCUT2D eigenvalue weighted by Crippen LogP contribution is -1.85. The molecule has 0 aliphatic rings. The van der Waals surface area contributed by atoms with Crippen molar-refractivity contribution in [1.82, 2.24) is 0 Å². The van der Waals surface area contributed by atoms with Crippen molar-refractivity contribution in [2.45, 2.75) is 13.8 Å². The van der Waals surface area contributed by atoms with E-state index >= 15 is 0 Å². The summed E-state index contributed by atoms with van der Waals surface area (Å²) in [7, 11) is 0. The zero-order valence-corrected chi connectivity index (χ0v) is 6.42. The highest BCUT2D eigenvalue weighted by Crippen LogP contribution is 2.11. The van der Waals surface area contributed by atoms with E-state index in [1.165, 1.54) is 0 Å². The lowest BCUT2D eigenvalue weighted by molar-refractivity contribution is 0.468. The first-order chi connectivity index (χ1) is 5.17. The fraction of sp³-hybridized carbons (Fsp3) is 0.250. The maximum Gasteiger partial charge on any atom is 0.132 e. The van der Waals surface area contributed by atoms with Crippen LogP contribution in [-0.2, 0) is 0 Å². The molecule has 11 heavy (non-hydrogen) atoms. The Bertz CT molecular complexity index is 270. The van der Waals surface area contributed by atoms with Crippen molar-refractivity contribution in [2.24, 2.45) is 0 Å². The quantitative estimate of drug-likeness (QED) is 0.350. The summed E-state index contributed by atoms with van der Waals surface area (Å²) >= 11 is 0. The van der Waals surface area contributed by atoms with Gasteiger partial charge in [0.05, 0.1) is 6.26 Å². The second-order valence-corrected chi connectivity index (χ2v) is 2.04. The number of nitriles is 2. The zero-order valence-electron chi connectivity index (χ0n) is 6.42. The maximum atomic E-state index is 8.53. The van der Waals surface area contributed by atoms with Gasteiger partial charge in [0, 0.05) is 0 Å². The third kappa shape index (κ3) is 2.15. The highest BCUT2D eigenvalue weighted by atomic mass is 16.2. The second kappa shape index (κ2) is 4.14. The molecule has 0 aliphatic heterocycles. The Kier molecular flexibility index (Phi) is 3.48. The lowest BCUT2D eigenvalue weighted by Gasteiger charge is -1.96. The minimum Gasteiger partial charge on any atom is -0.515 e. The number of aliphatic hydroxyl groups excluding tert-OH is 1. The van der Waals surface area contributed by atoms with Gasteiger partial charge in [-0.15, -0.1) is 0 Å². The van der Waals surface area contributed by atoms with Gasteiger partial charge >= 0.3 is 0 Å². The van der Waals surface area contributed by atoms with Crippen LogP contribution in [0.15, 0.2) is 23.0 Å². The largest absolute Gasteiger partial charge is 0.515 e. The average molecular weight is 148 g/mol. The molecule has 0 bridgehead atoms. The van der Waals surface area contributed by atoms with E-state index in [0.29, 0.717) is 11.1 Å². The van der Waals surface area contributed by atoms with Crippen LogP contribution in [-0.4, -0.2) is 5.11 Å². The summed E-state index contributed by atoms with van der Waals surface area (Å²) < 4.78 is 0. The van der Waals surface area contributed by atoms with Gasteiger partial charge in [-0.2, -0.15) is 10.5 Å². The summed E-state index contributed by atoms with van der Waals surface area (Å²) in [5.74, 6) is 0. The molecule has 0 saturated carbocycles. The first-order valence-corrected chi connectivity index (χ1v) is 2.99. The molecule has 0 fully saturated rings. The van der Waals surface area contributed by atoms with Crippen LogP contribution in [0.25, 0.3) is 0 Å². The molecule has 0 rings (SSSR count). The van der Waals surface area contributed by atoms with Gasteiger partial charge in [-0.3, -0.25) is 0 Å². The number of hydrogen-bond acceptors (Lipinski definition) is 3. The van der Waals surface area contributed by atoms with E-state index in [2.05, 4.69) is 0 Å². The van der Waals surface area contributed by atoms with Crippen molar-refractivity contribution in [1.29, 1.82) is 10.5 Å². The van der Waals surface area contributed by atoms with Crippen LogP contribution in [0.1, 0.15) is 13.8 Å². The first kappa shape index (κ1) is 9.26. The molecule has 0 aromatic carbocycles. The molecular weight excluding hydrogens is 140 g/mol. The summed E-state index contributed by atoms with van der Waals surface area (Å²) in [6, 6.07) is 3.47. The van der Waals surface area contributed by atoms with E-state index in [0.717, 1.165) is 6.26 Å². The molecule has 0 atom stereocenters. The summed E-state index contributed by atoms with van der Waals surface area (Å²) in [5, 5.41) is 25.3. The fourth-order valence-electron chi connectivity index (χ4n) is 0.487. The van der Waals surface area contributed by atoms with Crippen LogP contribution >= 0.6 is 0 Å². The van der Waals surface area contributed by atoms with Gasteiger partial charge in [0.1, 0.15) is 17.7 Å². The molecule has 0 spiro atoms. The summed E-state index contributed by atoms with van der Waals surface area (Å²) in [6.07, 6.45) is 0.879. The zero-order chi connectivity index (χ0) is 8.85. The Morgan fingerprint density at radius 2 is 1.73 bits per heavy atom. The molecule has 3 nitrogen and oxygen atoms in total. The number of aliphatic hydroxyl groups is 1. The fourth-order valence-corrected chi connectivity index (χ4v) is 0.487. The third-order valence-electron chi connectivity index (χ3n) is 1.38. The molecule has 0 aromatic heterocycles. The molecule has 0 amide bonds. The molecule has 0 radical (unpaired) electrons. The maximum absolute atomic E-state index is 8.53. The minimum absolute atomic E-state index is 0.0350. The van der Waals surface area contributed by atoms with Gasteiger partial charge in [0.25, 0.3) is 0 Å². The first-order valence-electron chi connectivity index (χ1n) is 2.99. The van der Waals surface area contributed by atoms with Crippen LogP contribution in [0.2, 0.25) is 0 Å². The molecule has 0 heterocycles. The van der Waals surface area contributed by atoms with E-state index in [1.807, 2.05) is 0 Å². The van der Waals surface area contributed by atoms with E-state index in [4.69, 9.17) is 15.6 Å². The van der Waals surface area contributed by atoms with Crippen molar-refractivity contribution < 1.29 is 5.11 Å². The van der Waals surface area contributed by atoms with Crippen LogP contribution in [0.4, 0.5) is 0 Å². The lowest BCUT2D eigenvalue weighted by atomic mass is 10.1. The van der Waals surface area contributed by atoms with Crippen molar-refractivity contribution in [3.63, 3.8) is 0 Å². The van der Waals surface area contributed by atoms with Crippen LogP contribution in [0.3, 0.4) is 0 Å². The van der Waals surface area contributed by atoms with E-state index in [1.54, 1.807) is 26.0 Å². The van der Waals surface area contributed by atoms with Crippen LogP contribution in [0, 0.1) is 22.7 Å². The van der Waals surface area contributed by atoms with Crippen molar-refractivity contribution in [3.05, 3.63) is 23.0 Å². The molecule has 3 heteroatoms. The highest BCUT2D eigenvalue weighted by Gasteiger charge is 2.01. The van der Waals surface area contributed by atoms with E-state index in [9.17, 15) is 0 Å². The van der Waals surface area contributed by atoms with Gasteiger partial charge in [0.15, 0.2) is 0 Å². The van der Waals surface area contributed by atoms with Crippen molar-refractivity contribution in [3.8, 4) is 12.1 Å². The number of rotatable bonds is 1. The van der Waals surface area contributed by atoms with E-state index in [-0.39, 0.29) is 5.57 Å². The van der Waals surface area contributed by atoms with Crippen molar-refractivity contribution >= 4 is 0 Å². The summed E-state index contributed by atoms with van der Waals surface area (Å²) in [6.45, 7) is 3.24. The molecular formula is C8H8N2O. The molecule has 0 saturated heterocycles. The van der Waals surface area contributed by atoms with Crippen LogP contribution < -0.4 is 0 Å². The predicted molar refractivity (Wildman–Crippen MR) is 40.3 cm³/mol. The third-order valence-corrected chi connectivity index (χ3v) is 1.38. The van der Waals surface area contributed by atoms with Gasteiger partial charge in [-0.05, 0) is 25.0 Å². The molecule has 56 valence electrons. The normalized spacial score (nSPS) is 9.64. The van der Waals surface area contributed by atoms with Gasteiger partial charge in [-0.25, -0.2) is 0 Å². The van der Waals surface area contributed by atoms with Crippen LogP contribution in [0.5, 0.6) is 0 Å². The number of nitrogens with zero attached hydrogens (tertiary/aromatic N) is 2. The van der Waals surface area contributed by atoms with E-state index < -0.39 is 0 Å². The highest BCUT2D eigenvalue weighted by molar-refractivity contribution is 5.46. The second-order valence-electron chi connectivity index (χ2n) is 2.04. The number of hydrogen-bond donors (Lipinski definition) is 1. The molecule has 0 aromatic rings. The van der Waals surface area contributed by atoms with Gasteiger partial charge in [-0.1, -0.05) is 0 Å². The Labute approximate surface area is 65.5 Å². The molecule has 0 aliphatic carbocycles. The Morgan fingerprint density at radius 1 is 1.27 bits per heavy atom. The van der Waals surface area contributed by atoms with Gasteiger partial charge in [0.2, 0.25) is 0 Å². The smallest absolute Gasteiger partial charge is 0.132 e. The SMILES string of the molecule is CC(=C(C#N)C#N)/C(C)=C/O. The number of allylic oxidation sites excluding steroid dienone is 3. The topological polar surface area (TPSA) is 67.8 Å². The standard InChI is InChI=1S/C8H8N2O/c1-6(5-11)7(2)8(3-9)4-10/h5,11H,1-2H3/b6-5+. The van der Waals surface area contributed by atoms with Crippen molar-refractivity contribution in [2.75, 3.05) is 0 Å². The molecule has 1 N–H and O–H groups in total. The average Bonchev–Trinajstić information content (AvgIpc) is 2.05. The Hall–Kier alpha value is -1.74. The Balaban J connectivity index is 5.01. The minimum atomic E-state index is 0.0350.